The normalized spacial score (nSPS) is 10.9. The van der Waals surface area contributed by atoms with Gasteiger partial charge in [0.25, 0.3) is 6.43 Å². The SMILES string of the molecule is Fc1cnc(C(F)F)c(Br)c1CBr. The minimum absolute atomic E-state index is 0.0272. The highest BCUT2D eigenvalue weighted by atomic mass is 79.9. The Kier molecular flexibility index (Phi) is 3.73. The first-order valence-corrected chi connectivity index (χ1v) is 5.16. The molecule has 13 heavy (non-hydrogen) atoms. The van der Waals surface area contributed by atoms with Crippen LogP contribution in [0.3, 0.4) is 0 Å². The van der Waals surface area contributed by atoms with Crippen LogP contribution in [0.5, 0.6) is 0 Å². The van der Waals surface area contributed by atoms with Crippen LogP contribution in [0.15, 0.2) is 10.7 Å². The molecule has 0 aliphatic carbocycles. The molecule has 1 heterocycles. The summed E-state index contributed by atoms with van der Waals surface area (Å²) in [4.78, 5) is 3.29. The van der Waals surface area contributed by atoms with E-state index in [0.29, 0.717) is 0 Å². The predicted octanol–water partition coefficient (Wildman–Crippen LogP) is 3.82. The summed E-state index contributed by atoms with van der Waals surface area (Å²) >= 11 is 5.88. The lowest BCUT2D eigenvalue weighted by molar-refractivity contribution is 0.145. The maximum Gasteiger partial charge on any atom is 0.281 e. The summed E-state index contributed by atoms with van der Waals surface area (Å²) in [7, 11) is 0. The van der Waals surface area contributed by atoms with Gasteiger partial charge in [0, 0.05) is 10.9 Å². The van der Waals surface area contributed by atoms with Crippen molar-refractivity contribution in [3.05, 3.63) is 27.7 Å². The Morgan fingerprint density at radius 1 is 1.46 bits per heavy atom. The number of hydrogen-bond donors (Lipinski definition) is 0. The average molecular weight is 319 g/mol. The van der Waals surface area contributed by atoms with E-state index in [-0.39, 0.29) is 15.4 Å². The summed E-state index contributed by atoms with van der Waals surface area (Å²) < 4.78 is 37.4. The van der Waals surface area contributed by atoms with Gasteiger partial charge >= 0.3 is 0 Å². The number of rotatable bonds is 2. The Morgan fingerprint density at radius 2 is 2.08 bits per heavy atom. The summed E-state index contributed by atoms with van der Waals surface area (Å²) in [5.74, 6) is -0.604. The highest BCUT2D eigenvalue weighted by Gasteiger charge is 2.18. The van der Waals surface area contributed by atoms with Crippen LogP contribution in [0.4, 0.5) is 13.2 Å². The zero-order valence-electron chi connectivity index (χ0n) is 6.20. The molecule has 0 saturated carbocycles. The molecule has 0 unspecified atom stereocenters. The topological polar surface area (TPSA) is 12.9 Å². The summed E-state index contributed by atoms with van der Waals surface area (Å²) in [6.45, 7) is 0. The van der Waals surface area contributed by atoms with Gasteiger partial charge in [-0.15, -0.1) is 0 Å². The molecule has 0 bridgehead atoms. The van der Waals surface area contributed by atoms with Crippen molar-refractivity contribution in [3.8, 4) is 0 Å². The van der Waals surface area contributed by atoms with E-state index < -0.39 is 17.9 Å². The Balaban J connectivity index is 3.27. The summed E-state index contributed by atoms with van der Waals surface area (Å²) in [6.07, 6.45) is -1.91. The van der Waals surface area contributed by atoms with Crippen molar-refractivity contribution < 1.29 is 13.2 Å². The van der Waals surface area contributed by atoms with Gasteiger partial charge in [-0.05, 0) is 15.9 Å². The van der Waals surface area contributed by atoms with Crippen molar-refractivity contribution in [1.82, 2.24) is 4.98 Å². The first-order chi connectivity index (χ1) is 6.07. The van der Waals surface area contributed by atoms with Crippen molar-refractivity contribution in [1.29, 1.82) is 0 Å². The molecule has 0 fully saturated rings. The van der Waals surface area contributed by atoms with E-state index in [0.717, 1.165) is 6.20 Å². The van der Waals surface area contributed by atoms with E-state index in [1.54, 1.807) is 0 Å². The van der Waals surface area contributed by atoms with Gasteiger partial charge in [-0.3, -0.25) is 4.98 Å². The van der Waals surface area contributed by atoms with Crippen molar-refractivity contribution in [2.24, 2.45) is 0 Å². The van der Waals surface area contributed by atoms with E-state index >= 15 is 0 Å². The minimum atomic E-state index is -2.70. The molecule has 72 valence electrons. The third-order valence-corrected chi connectivity index (χ3v) is 2.88. The van der Waals surface area contributed by atoms with E-state index in [1.165, 1.54) is 0 Å². The summed E-state index contributed by atoms with van der Waals surface area (Å²) in [5.41, 5.74) is -0.277. The van der Waals surface area contributed by atoms with Crippen LogP contribution < -0.4 is 0 Å². The van der Waals surface area contributed by atoms with E-state index in [2.05, 4.69) is 36.8 Å². The third kappa shape index (κ3) is 2.22. The number of aromatic nitrogens is 1. The van der Waals surface area contributed by atoms with Crippen molar-refractivity contribution >= 4 is 31.9 Å². The van der Waals surface area contributed by atoms with Gasteiger partial charge in [-0.2, -0.15) is 0 Å². The largest absolute Gasteiger partial charge is 0.281 e. The van der Waals surface area contributed by atoms with Crippen molar-refractivity contribution in [2.45, 2.75) is 11.8 Å². The fourth-order valence-electron chi connectivity index (χ4n) is 0.795. The molecular formula is C7H4Br2F3N. The first kappa shape index (κ1) is 11.0. The van der Waals surface area contributed by atoms with Gasteiger partial charge in [0.2, 0.25) is 0 Å². The second-order valence-electron chi connectivity index (χ2n) is 2.22. The lowest BCUT2D eigenvalue weighted by atomic mass is 10.2. The highest BCUT2D eigenvalue weighted by molar-refractivity contribution is 9.10. The number of halogens is 5. The van der Waals surface area contributed by atoms with Crippen LogP contribution in [0.1, 0.15) is 17.7 Å². The van der Waals surface area contributed by atoms with Crippen LogP contribution in [0.25, 0.3) is 0 Å². The van der Waals surface area contributed by atoms with Crippen LogP contribution in [0, 0.1) is 5.82 Å². The molecule has 0 aromatic carbocycles. The molecule has 0 N–H and O–H groups in total. The van der Waals surface area contributed by atoms with E-state index in [4.69, 9.17) is 0 Å². The Morgan fingerprint density at radius 3 is 2.54 bits per heavy atom. The quantitative estimate of drug-likeness (QED) is 0.756. The molecule has 0 saturated heterocycles. The van der Waals surface area contributed by atoms with Crippen LogP contribution in [0.2, 0.25) is 0 Å². The van der Waals surface area contributed by atoms with Crippen LogP contribution >= 0.6 is 31.9 Å². The van der Waals surface area contributed by atoms with E-state index in [9.17, 15) is 13.2 Å². The Hall–Kier alpha value is -0.100. The molecule has 1 nitrogen and oxygen atoms in total. The van der Waals surface area contributed by atoms with Gasteiger partial charge < -0.3 is 0 Å². The molecule has 6 heteroatoms. The maximum absolute atomic E-state index is 12.9. The van der Waals surface area contributed by atoms with Gasteiger partial charge in [0.1, 0.15) is 11.5 Å². The third-order valence-electron chi connectivity index (χ3n) is 1.44. The van der Waals surface area contributed by atoms with Gasteiger partial charge in [-0.1, -0.05) is 15.9 Å². The second-order valence-corrected chi connectivity index (χ2v) is 3.57. The number of pyridine rings is 1. The molecule has 1 rings (SSSR count). The van der Waals surface area contributed by atoms with Crippen molar-refractivity contribution in [2.75, 3.05) is 0 Å². The molecule has 0 aliphatic heterocycles. The molecule has 0 amide bonds. The van der Waals surface area contributed by atoms with E-state index in [1.807, 2.05) is 0 Å². The fourth-order valence-corrected chi connectivity index (χ4v) is 2.32. The Bertz CT molecular complexity index is 317. The number of hydrogen-bond acceptors (Lipinski definition) is 1. The molecule has 1 aromatic heterocycles. The molecule has 0 atom stereocenters. The predicted molar refractivity (Wildman–Crippen MR) is 49.5 cm³/mol. The standard InChI is InChI=1S/C7H4Br2F3N/c8-1-3-4(10)2-13-6(5(3)9)7(11)12/h2,7H,1H2. The highest BCUT2D eigenvalue weighted by Crippen LogP contribution is 2.30. The molecule has 0 radical (unpaired) electrons. The number of nitrogens with zero attached hydrogens (tertiary/aromatic N) is 1. The smallest absolute Gasteiger partial charge is 0.251 e. The second kappa shape index (κ2) is 4.41. The molecule has 1 aromatic rings. The van der Waals surface area contributed by atoms with Gasteiger partial charge in [-0.25, -0.2) is 13.2 Å². The Labute approximate surface area is 89.6 Å². The maximum atomic E-state index is 12.9. The zero-order chi connectivity index (χ0) is 10.0. The monoisotopic (exact) mass is 317 g/mol. The fraction of sp³-hybridized carbons (Fsp3) is 0.286. The number of alkyl halides is 3. The van der Waals surface area contributed by atoms with Gasteiger partial charge in [0.05, 0.1) is 10.7 Å². The van der Waals surface area contributed by atoms with Gasteiger partial charge in [0.15, 0.2) is 0 Å². The lowest BCUT2D eigenvalue weighted by Crippen LogP contribution is -1.98. The molecule has 0 aliphatic rings. The minimum Gasteiger partial charge on any atom is -0.251 e. The lowest BCUT2D eigenvalue weighted by Gasteiger charge is -2.06. The van der Waals surface area contributed by atoms with Crippen molar-refractivity contribution in [3.63, 3.8) is 0 Å². The molecule has 0 spiro atoms. The summed E-state index contributed by atoms with van der Waals surface area (Å²) in [6, 6.07) is 0. The average Bonchev–Trinajstić information content (AvgIpc) is 2.04. The van der Waals surface area contributed by atoms with Crippen LogP contribution in [-0.4, -0.2) is 4.98 Å². The molecular weight excluding hydrogens is 315 g/mol. The first-order valence-electron chi connectivity index (χ1n) is 3.24. The zero-order valence-corrected chi connectivity index (χ0v) is 9.37. The summed E-state index contributed by atoms with van der Waals surface area (Å²) in [5, 5.41) is 0.168. The van der Waals surface area contributed by atoms with Crippen LogP contribution in [-0.2, 0) is 5.33 Å².